The number of ketones is 1. The maximum Gasteiger partial charge on any atom is 0.240 e. The van der Waals surface area contributed by atoms with Gasteiger partial charge in [-0.15, -0.1) is 16.4 Å². The summed E-state index contributed by atoms with van der Waals surface area (Å²) >= 11 is 3.08. The average molecular weight is 416 g/mol. The number of hydrazone groups is 1. The standard InChI is InChI=1S/C20H25N5OS2/c1-11(17-3-2-4-27-17)22-23-19-21-20(25-24-19)28-10-16(26)18-14-6-12-5-13(8-14)9-15(18)7-12/h2-4,12-15,18H,5-10H2,1H3,(H2,21,23,24,25)/b22-11+. The summed E-state index contributed by atoms with van der Waals surface area (Å²) in [5.41, 5.74) is 3.81. The van der Waals surface area contributed by atoms with E-state index in [4.69, 9.17) is 0 Å². The van der Waals surface area contributed by atoms with E-state index < -0.39 is 0 Å². The van der Waals surface area contributed by atoms with Crippen LogP contribution in [0.5, 0.6) is 0 Å². The number of rotatable bonds is 7. The van der Waals surface area contributed by atoms with E-state index in [9.17, 15) is 4.79 Å². The molecule has 148 valence electrons. The molecule has 28 heavy (non-hydrogen) atoms. The van der Waals surface area contributed by atoms with E-state index in [1.165, 1.54) is 43.9 Å². The van der Waals surface area contributed by atoms with Gasteiger partial charge in [0.1, 0.15) is 5.78 Å². The molecule has 8 heteroatoms. The Bertz CT molecular complexity index is 847. The SMILES string of the molecule is C/C(=N\Nc1nc(SCC(=O)C2C3CC4CC(C3)CC2C4)n[nH]1)c1cccs1. The van der Waals surface area contributed by atoms with E-state index in [-0.39, 0.29) is 5.92 Å². The lowest BCUT2D eigenvalue weighted by molar-refractivity contribution is -0.133. The van der Waals surface area contributed by atoms with Crippen molar-refractivity contribution in [2.75, 3.05) is 11.2 Å². The Kier molecular flexibility index (Phi) is 5.00. The molecular formula is C20H25N5OS2. The van der Waals surface area contributed by atoms with Crippen molar-refractivity contribution >= 4 is 40.5 Å². The van der Waals surface area contributed by atoms with Crippen molar-refractivity contribution in [3.63, 3.8) is 0 Å². The third-order valence-corrected chi connectivity index (χ3v) is 8.46. The van der Waals surface area contributed by atoms with E-state index in [0.717, 1.165) is 22.4 Å². The van der Waals surface area contributed by atoms with E-state index in [0.29, 0.717) is 34.5 Å². The number of thioether (sulfide) groups is 1. The van der Waals surface area contributed by atoms with Crippen LogP contribution in [0.4, 0.5) is 5.95 Å². The molecule has 4 bridgehead atoms. The fourth-order valence-corrected chi connectivity index (χ4v) is 7.13. The molecule has 0 atom stereocenters. The van der Waals surface area contributed by atoms with Crippen molar-refractivity contribution in [3.05, 3.63) is 22.4 Å². The molecule has 0 aliphatic heterocycles. The zero-order chi connectivity index (χ0) is 19.1. The molecule has 4 aliphatic rings. The Balaban J connectivity index is 1.16. The third-order valence-electron chi connectivity index (χ3n) is 6.61. The summed E-state index contributed by atoms with van der Waals surface area (Å²) in [6, 6.07) is 4.03. The number of nitrogens with one attached hydrogen (secondary N) is 2. The summed E-state index contributed by atoms with van der Waals surface area (Å²) in [6.07, 6.45) is 6.55. The van der Waals surface area contributed by atoms with Gasteiger partial charge >= 0.3 is 0 Å². The highest BCUT2D eigenvalue weighted by Gasteiger charge is 2.50. The third kappa shape index (κ3) is 3.64. The topological polar surface area (TPSA) is 83.0 Å². The molecule has 6 nitrogen and oxygen atoms in total. The lowest BCUT2D eigenvalue weighted by atomic mass is 9.51. The van der Waals surface area contributed by atoms with Crippen LogP contribution in [-0.4, -0.2) is 32.4 Å². The quantitative estimate of drug-likeness (QED) is 0.397. The number of hydrogen-bond acceptors (Lipinski definition) is 7. The Morgan fingerprint density at radius 1 is 1.29 bits per heavy atom. The number of carbonyl (C=O) groups excluding carboxylic acids is 1. The summed E-state index contributed by atoms with van der Waals surface area (Å²) < 4.78 is 0. The number of thiophene rings is 1. The predicted octanol–water partition coefficient (Wildman–Crippen LogP) is 4.44. The monoisotopic (exact) mass is 415 g/mol. The van der Waals surface area contributed by atoms with Gasteiger partial charge < -0.3 is 0 Å². The number of aromatic amines is 1. The summed E-state index contributed by atoms with van der Waals surface area (Å²) in [4.78, 5) is 18.5. The van der Waals surface area contributed by atoms with Crippen LogP contribution in [0.1, 0.15) is 43.9 Å². The maximum absolute atomic E-state index is 12.9. The molecule has 2 aromatic rings. The molecule has 4 fully saturated rings. The highest BCUT2D eigenvalue weighted by atomic mass is 32.2. The van der Waals surface area contributed by atoms with Crippen molar-refractivity contribution in [2.24, 2.45) is 34.7 Å². The second-order valence-electron chi connectivity index (χ2n) is 8.46. The minimum Gasteiger partial charge on any atom is -0.298 e. The van der Waals surface area contributed by atoms with Gasteiger partial charge in [-0.3, -0.25) is 4.79 Å². The fourth-order valence-electron chi connectivity index (χ4n) is 5.72. The van der Waals surface area contributed by atoms with Gasteiger partial charge in [0.25, 0.3) is 0 Å². The van der Waals surface area contributed by atoms with Crippen LogP contribution in [0.3, 0.4) is 0 Å². The Morgan fingerprint density at radius 3 is 2.71 bits per heavy atom. The number of aromatic nitrogens is 3. The lowest BCUT2D eigenvalue weighted by Gasteiger charge is -2.53. The minimum atomic E-state index is 0.287. The second kappa shape index (κ2) is 7.63. The van der Waals surface area contributed by atoms with E-state index in [1.807, 2.05) is 24.4 Å². The van der Waals surface area contributed by atoms with Gasteiger partial charge in [-0.05, 0) is 74.1 Å². The molecule has 0 unspecified atom stereocenters. The van der Waals surface area contributed by atoms with Crippen LogP contribution >= 0.6 is 23.1 Å². The highest BCUT2D eigenvalue weighted by molar-refractivity contribution is 7.99. The normalized spacial score (nSPS) is 31.3. The first-order valence-electron chi connectivity index (χ1n) is 10.1. The maximum atomic E-state index is 12.9. The fraction of sp³-hybridized carbons (Fsp3) is 0.600. The summed E-state index contributed by atoms with van der Waals surface area (Å²) in [5.74, 6) is 4.76. The molecule has 0 radical (unpaired) electrons. The number of H-pyrrole nitrogens is 1. The van der Waals surface area contributed by atoms with Crippen LogP contribution in [0.15, 0.2) is 27.8 Å². The molecule has 4 saturated carbocycles. The average Bonchev–Trinajstić information content (AvgIpc) is 3.36. The number of hydrogen-bond donors (Lipinski definition) is 2. The first-order chi connectivity index (χ1) is 13.7. The smallest absolute Gasteiger partial charge is 0.240 e. The molecule has 0 amide bonds. The van der Waals surface area contributed by atoms with Gasteiger partial charge in [0, 0.05) is 10.8 Å². The highest BCUT2D eigenvalue weighted by Crippen LogP contribution is 2.56. The number of nitrogens with zero attached hydrogens (tertiary/aromatic N) is 3. The van der Waals surface area contributed by atoms with Crippen molar-refractivity contribution < 1.29 is 4.79 Å². The van der Waals surface area contributed by atoms with E-state index >= 15 is 0 Å². The Labute approximate surface area is 173 Å². The van der Waals surface area contributed by atoms with Crippen LogP contribution in [-0.2, 0) is 4.79 Å². The van der Waals surface area contributed by atoms with Crippen molar-refractivity contribution in [1.29, 1.82) is 0 Å². The molecule has 4 aliphatic carbocycles. The summed E-state index contributed by atoms with van der Waals surface area (Å²) in [6.45, 7) is 1.95. The molecule has 0 saturated heterocycles. The zero-order valence-corrected chi connectivity index (χ0v) is 17.6. The van der Waals surface area contributed by atoms with Crippen LogP contribution in [0, 0.1) is 29.6 Å². The van der Waals surface area contributed by atoms with Crippen molar-refractivity contribution in [1.82, 2.24) is 15.2 Å². The number of Topliss-reactive ketones (excluding diaryl/α,β-unsaturated/α-hetero) is 1. The molecule has 2 N–H and O–H groups in total. The van der Waals surface area contributed by atoms with Crippen LogP contribution in [0.25, 0.3) is 0 Å². The predicted molar refractivity (Wildman–Crippen MR) is 113 cm³/mol. The van der Waals surface area contributed by atoms with E-state index in [1.54, 1.807) is 11.3 Å². The second-order valence-corrected chi connectivity index (χ2v) is 10.4. The van der Waals surface area contributed by atoms with Gasteiger partial charge in [-0.25, -0.2) is 10.5 Å². The van der Waals surface area contributed by atoms with Gasteiger partial charge in [-0.2, -0.15) is 10.1 Å². The molecule has 2 heterocycles. The molecule has 0 aromatic carbocycles. The summed E-state index contributed by atoms with van der Waals surface area (Å²) in [5, 5.41) is 14.0. The van der Waals surface area contributed by atoms with E-state index in [2.05, 4.69) is 25.7 Å². The molecule has 6 rings (SSSR count). The van der Waals surface area contributed by atoms with Gasteiger partial charge in [0.2, 0.25) is 11.1 Å². The number of carbonyl (C=O) groups is 1. The van der Waals surface area contributed by atoms with Crippen molar-refractivity contribution in [2.45, 2.75) is 44.2 Å². The molecule has 0 spiro atoms. The largest absolute Gasteiger partial charge is 0.298 e. The summed E-state index contributed by atoms with van der Waals surface area (Å²) in [7, 11) is 0. The lowest BCUT2D eigenvalue weighted by Crippen LogP contribution is -2.48. The van der Waals surface area contributed by atoms with Crippen LogP contribution < -0.4 is 5.43 Å². The molecule has 2 aromatic heterocycles. The van der Waals surface area contributed by atoms with Gasteiger partial charge in [0.05, 0.1) is 11.5 Å². The minimum absolute atomic E-state index is 0.287. The zero-order valence-electron chi connectivity index (χ0n) is 15.9. The first kappa shape index (κ1) is 18.4. The Hall–Kier alpha value is -1.67. The van der Waals surface area contributed by atoms with Gasteiger partial charge in [0.15, 0.2) is 0 Å². The van der Waals surface area contributed by atoms with Crippen LogP contribution in [0.2, 0.25) is 0 Å². The van der Waals surface area contributed by atoms with Gasteiger partial charge in [-0.1, -0.05) is 17.8 Å². The van der Waals surface area contributed by atoms with Crippen molar-refractivity contribution in [3.8, 4) is 0 Å². The Morgan fingerprint density at radius 2 is 2.04 bits per heavy atom. The molecular weight excluding hydrogens is 390 g/mol. The number of anilines is 1. The first-order valence-corrected chi connectivity index (χ1v) is 11.9.